The van der Waals surface area contributed by atoms with Crippen molar-refractivity contribution in [2.45, 2.75) is 58.3 Å². The van der Waals surface area contributed by atoms with Gasteiger partial charge in [0, 0.05) is 56.5 Å². The summed E-state index contributed by atoms with van der Waals surface area (Å²) < 4.78 is 6.03. The van der Waals surface area contributed by atoms with E-state index in [9.17, 15) is 4.79 Å². The van der Waals surface area contributed by atoms with Crippen LogP contribution in [0.25, 0.3) is 10.1 Å². The quantitative estimate of drug-likeness (QED) is 0.428. The Kier molecular flexibility index (Phi) is 6.29. The van der Waals surface area contributed by atoms with Crippen molar-refractivity contribution < 1.29 is 4.79 Å². The van der Waals surface area contributed by atoms with E-state index in [2.05, 4.69) is 71.9 Å². The molecule has 1 aliphatic carbocycles. The molecule has 190 valence electrons. The van der Waals surface area contributed by atoms with Gasteiger partial charge in [-0.1, -0.05) is 44.5 Å². The highest BCUT2D eigenvalue weighted by atomic mass is 32.1. The van der Waals surface area contributed by atoms with Gasteiger partial charge in [0.25, 0.3) is 0 Å². The second-order valence-electron chi connectivity index (χ2n) is 11.8. The Morgan fingerprint density at radius 3 is 2.61 bits per heavy atom. The number of carbonyl (C=O) groups excluding carboxylic acids is 1. The number of aromatic nitrogens is 1. The van der Waals surface area contributed by atoms with E-state index < -0.39 is 0 Å². The van der Waals surface area contributed by atoms with Crippen molar-refractivity contribution in [2.24, 2.45) is 5.92 Å². The Balaban J connectivity index is 1.13. The standard InChI is InChI=1S/C30H38N4OS/c1-21-17-23(18-25-28(21)34(20-22-7-6-8-22)27(35)19-30(25,2)3)11-12-32-13-15-33(16-14-32)29-24-9-4-5-10-26(24)36-31-29/h4-5,9-10,17-18,22H,6-8,11-16,19-20H2,1-3H3. The first-order valence-corrected chi connectivity index (χ1v) is 14.4. The molecule has 3 aromatic rings. The van der Waals surface area contributed by atoms with Gasteiger partial charge in [-0.15, -0.1) is 0 Å². The summed E-state index contributed by atoms with van der Waals surface area (Å²) in [4.78, 5) is 20.3. The fourth-order valence-electron chi connectivity index (χ4n) is 6.26. The zero-order valence-electron chi connectivity index (χ0n) is 21.9. The van der Waals surface area contributed by atoms with Gasteiger partial charge in [0.05, 0.1) is 10.4 Å². The Hall–Kier alpha value is -2.44. The lowest BCUT2D eigenvalue weighted by Gasteiger charge is -2.42. The van der Waals surface area contributed by atoms with E-state index in [0.717, 1.165) is 51.5 Å². The first-order chi connectivity index (χ1) is 17.4. The number of hydrogen-bond acceptors (Lipinski definition) is 5. The Bertz CT molecular complexity index is 1270. The molecule has 3 heterocycles. The predicted octanol–water partition coefficient (Wildman–Crippen LogP) is 5.78. The Morgan fingerprint density at radius 2 is 1.86 bits per heavy atom. The summed E-state index contributed by atoms with van der Waals surface area (Å²) in [5, 5.41) is 1.29. The van der Waals surface area contributed by atoms with E-state index in [0.29, 0.717) is 18.2 Å². The van der Waals surface area contributed by atoms with Crippen LogP contribution in [-0.4, -0.2) is 54.4 Å². The molecule has 0 atom stereocenters. The summed E-state index contributed by atoms with van der Waals surface area (Å²) in [6.07, 6.45) is 5.53. The normalized spacial score (nSPS) is 20.6. The zero-order valence-corrected chi connectivity index (χ0v) is 22.7. The maximum atomic E-state index is 13.1. The van der Waals surface area contributed by atoms with Crippen LogP contribution >= 0.6 is 11.5 Å². The average molecular weight is 503 g/mol. The summed E-state index contributed by atoms with van der Waals surface area (Å²) in [6.45, 7) is 12.9. The molecule has 5 nitrogen and oxygen atoms in total. The second kappa shape index (κ2) is 9.46. The van der Waals surface area contributed by atoms with Crippen molar-refractivity contribution in [3.63, 3.8) is 0 Å². The zero-order chi connectivity index (χ0) is 24.9. The molecule has 36 heavy (non-hydrogen) atoms. The highest BCUT2D eigenvalue weighted by molar-refractivity contribution is 7.13. The molecular formula is C30H38N4OS. The van der Waals surface area contributed by atoms with Crippen LogP contribution < -0.4 is 9.80 Å². The van der Waals surface area contributed by atoms with Crippen LogP contribution in [0.5, 0.6) is 0 Å². The molecule has 6 rings (SSSR count). The molecule has 2 aromatic carbocycles. The molecular weight excluding hydrogens is 464 g/mol. The number of carbonyl (C=O) groups is 1. The number of fused-ring (bicyclic) bond motifs is 2. The van der Waals surface area contributed by atoms with Crippen LogP contribution in [0.3, 0.4) is 0 Å². The van der Waals surface area contributed by atoms with Gasteiger partial charge in [0.2, 0.25) is 5.91 Å². The second-order valence-corrected chi connectivity index (χ2v) is 12.6. The summed E-state index contributed by atoms with van der Waals surface area (Å²) in [7, 11) is 0. The largest absolute Gasteiger partial charge is 0.353 e. The molecule has 0 N–H and O–H groups in total. The van der Waals surface area contributed by atoms with Gasteiger partial charge in [-0.2, -0.15) is 4.37 Å². The van der Waals surface area contributed by atoms with Crippen molar-refractivity contribution in [2.75, 3.05) is 49.1 Å². The number of rotatable bonds is 6. The fourth-order valence-corrected chi connectivity index (χ4v) is 7.06. The number of aryl methyl sites for hydroxylation is 1. The third kappa shape index (κ3) is 4.43. The number of amides is 1. The maximum Gasteiger partial charge on any atom is 0.227 e. The molecule has 1 amide bonds. The van der Waals surface area contributed by atoms with Crippen LogP contribution in [-0.2, 0) is 16.6 Å². The first-order valence-electron chi connectivity index (χ1n) is 13.7. The molecule has 1 aromatic heterocycles. The van der Waals surface area contributed by atoms with Gasteiger partial charge in [0.1, 0.15) is 5.82 Å². The van der Waals surface area contributed by atoms with Gasteiger partial charge < -0.3 is 9.80 Å². The SMILES string of the molecule is Cc1cc(CCN2CCN(c3nsc4ccccc34)CC2)cc2c1N(CC1CCC1)C(=O)CC2(C)C. The van der Waals surface area contributed by atoms with Gasteiger partial charge in [-0.25, -0.2) is 0 Å². The van der Waals surface area contributed by atoms with Gasteiger partial charge >= 0.3 is 0 Å². The van der Waals surface area contributed by atoms with Crippen molar-refractivity contribution in [3.8, 4) is 0 Å². The maximum absolute atomic E-state index is 13.1. The van der Waals surface area contributed by atoms with Gasteiger partial charge in [-0.05, 0) is 72.5 Å². The minimum atomic E-state index is -0.106. The molecule has 0 spiro atoms. The summed E-state index contributed by atoms with van der Waals surface area (Å²) in [5.41, 5.74) is 5.15. The van der Waals surface area contributed by atoms with Gasteiger partial charge in [-0.3, -0.25) is 9.69 Å². The predicted molar refractivity (Wildman–Crippen MR) is 150 cm³/mol. The van der Waals surface area contributed by atoms with Crippen LogP contribution in [0.1, 0.15) is 56.2 Å². The molecule has 1 saturated heterocycles. The molecule has 0 unspecified atom stereocenters. The Labute approximate surface area is 219 Å². The number of nitrogens with zero attached hydrogens (tertiary/aromatic N) is 4. The van der Waals surface area contributed by atoms with Crippen LogP contribution in [0.15, 0.2) is 36.4 Å². The van der Waals surface area contributed by atoms with E-state index in [1.807, 2.05) is 0 Å². The highest BCUT2D eigenvalue weighted by Crippen LogP contribution is 2.44. The third-order valence-corrected chi connectivity index (χ3v) is 9.48. The van der Waals surface area contributed by atoms with E-state index in [1.54, 1.807) is 11.5 Å². The Morgan fingerprint density at radius 1 is 1.08 bits per heavy atom. The number of piperazine rings is 1. The smallest absolute Gasteiger partial charge is 0.227 e. The lowest BCUT2D eigenvalue weighted by molar-refractivity contribution is -0.120. The fraction of sp³-hybridized carbons (Fsp3) is 0.533. The van der Waals surface area contributed by atoms with Gasteiger partial charge in [0.15, 0.2) is 0 Å². The lowest BCUT2D eigenvalue weighted by atomic mass is 9.74. The molecule has 3 aliphatic rings. The minimum Gasteiger partial charge on any atom is -0.353 e. The minimum absolute atomic E-state index is 0.106. The van der Waals surface area contributed by atoms with Crippen molar-refractivity contribution >= 4 is 39.0 Å². The molecule has 2 fully saturated rings. The summed E-state index contributed by atoms with van der Waals surface area (Å²) in [5.74, 6) is 2.15. The number of hydrogen-bond donors (Lipinski definition) is 0. The summed E-state index contributed by atoms with van der Waals surface area (Å²) >= 11 is 1.61. The van der Waals surface area contributed by atoms with E-state index in [-0.39, 0.29) is 5.41 Å². The monoisotopic (exact) mass is 502 g/mol. The van der Waals surface area contributed by atoms with E-state index >= 15 is 0 Å². The molecule has 6 heteroatoms. The average Bonchev–Trinajstić information content (AvgIpc) is 3.26. The summed E-state index contributed by atoms with van der Waals surface area (Å²) in [6, 6.07) is 13.3. The van der Waals surface area contributed by atoms with Crippen LogP contribution in [0.2, 0.25) is 0 Å². The van der Waals surface area contributed by atoms with Crippen LogP contribution in [0.4, 0.5) is 11.5 Å². The van der Waals surface area contributed by atoms with E-state index in [4.69, 9.17) is 4.37 Å². The first kappa shape index (κ1) is 23.9. The lowest BCUT2D eigenvalue weighted by Crippen LogP contribution is -2.47. The third-order valence-electron chi connectivity index (χ3n) is 8.67. The topological polar surface area (TPSA) is 39.7 Å². The van der Waals surface area contributed by atoms with Crippen LogP contribution in [0, 0.1) is 12.8 Å². The van der Waals surface area contributed by atoms with Crippen molar-refractivity contribution in [1.29, 1.82) is 0 Å². The highest BCUT2D eigenvalue weighted by Gasteiger charge is 2.39. The van der Waals surface area contributed by atoms with E-state index in [1.165, 1.54) is 51.7 Å². The number of benzene rings is 2. The molecule has 0 radical (unpaired) electrons. The van der Waals surface area contributed by atoms with Crippen molar-refractivity contribution in [1.82, 2.24) is 9.27 Å². The number of anilines is 2. The molecule has 0 bridgehead atoms. The molecule has 1 saturated carbocycles. The molecule has 2 aliphatic heterocycles. The van der Waals surface area contributed by atoms with Crippen molar-refractivity contribution in [3.05, 3.63) is 53.1 Å².